The number of hydrogen-bond donors (Lipinski definition) is 1. The van der Waals surface area contributed by atoms with Gasteiger partial charge < -0.3 is 5.32 Å². The van der Waals surface area contributed by atoms with Crippen LogP contribution in [0, 0.1) is 10.1 Å². The molecule has 118 valence electrons. The van der Waals surface area contributed by atoms with E-state index in [0.717, 1.165) is 24.0 Å². The van der Waals surface area contributed by atoms with Crippen molar-refractivity contribution in [2.45, 2.75) is 32.4 Å². The fourth-order valence-electron chi connectivity index (χ4n) is 3.15. The minimum Gasteiger partial charge on any atom is -0.309 e. The number of nitro groups is 1. The molecule has 4 heteroatoms. The van der Waals surface area contributed by atoms with Gasteiger partial charge in [0.2, 0.25) is 0 Å². The highest BCUT2D eigenvalue weighted by Crippen LogP contribution is 2.24. The molecule has 0 fully saturated rings. The van der Waals surface area contributed by atoms with E-state index in [4.69, 9.17) is 0 Å². The van der Waals surface area contributed by atoms with Crippen LogP contribution in [0.5, 0.6) is 0 Å². The van der Waals surface area contributed by atoms with Crippen LogP contribution in [0.4, 0.5) is 5.69 Å². The SMILES string of the molecule is C/C=C/c1ccc(CNC2Cc3ccccc3C2)c([N+](=O)[O-])c1. The van der Waals surface area contributed by atoms with Gasteiger partial charge in [-0.3, -0.25) is 10.1 Å². The van der Waals surface area contributed by atoms with Crippen molar-refractivity contribution in [3.05, 3.63) is 80.9 Å². The summed E-state index contributed by atoms with van der Waals surface area (Å²) < 4.78 is 0. The van der Waals surface area contributed by atoms with Gasteiger partial charge in [-0.15, -0.1) is 0 Å². The Morgan fingerprint density at radius 3 is 2.52 bits per heavy atom. The molecule has 4 nitrogen and oxygen atoms in total. The van der Waals surface area contributed by atoms with Gasteiger partial charge in [-0.25, -0.2) is 0 Å². The lowest BCUT2D eigenvalue weighted by molar-refractivity contribution is -0.385. The molecule has 0 saturated heterocycles. The average Bonchev–Trinajstić information content (AvgIpc) is 2.96. The molecule has 0 unspecified atom stereocenters. The summed E-state index contributed by atoms with van der Waals surface area (Å²) in [5.41, 5.74) is 4.53. The Morgan fingerprint density at radius 1 is 1.22 bits per heavy atom. The number of fused-ring (bicyclic) bond motifs is 1. The lowest BCUT2D eigenvalue weighted by Gasteiger charge is -2.12. The predicted molar refractivity (Wildman–Crippen MR) is 92.3 cm³/mol. The fourth-order valence-corrected chi connectivity index (χ4v) is 3.15. The molecule has 0 radical (unpaired) electrons. The number of nitrogens with zero attached hydrogens (tertiary/aromatic N) is 1. The third-order valence-corrected chi connectivity index (χ3v) is 4.30. The minimum absolute atomic E-state index is 0.184. The van der Waals surface area contributed by atoms with Crippen molar-refractivity contribution in [3.63, 3.8) is 0 Å². The molecule has 0 heterocycles. The molecule has 0 spiro atoms. The quantitative estimate of drug-likeness (QED) is 0.673. The van der Waals surface area contributed by atoms with E-state index in [1.165, 1.54) is 11.1 Å². The third-order valence-electron chi connectivity index (χ3n) is 4.30. The van der Waals surface area contributed by atoms with E-state index in [1.807, 2.05) is 31.2 Å². The van der Waals surface area contributed by atoms with Gasteiger partial charge in [0.15, 0.2) is 0 Å². The van der Waals surface area contributed by atoms with Crippen LogP contribution in [0.1, 0.15) is 29.2 Å². The largest absolute Gasteiger partial charge is 0.309 e. The molecule has 2 aromatic rings. The Labute approximate surface area is 136 Å². The maximum Gasteiger partial charge on any atom is 0.274 e. The predicted octanol–water partition coefficient (Wildman–Crippen LogP) is 3.88. The first-order valence-electron chi connectivity index (χ1n) is 7.87. The van der Waals surface area contributed by atoms with E-state index in [2.05, 4.69) is 29.6 Å². The number of nitro benzene ring substituents is 1. The van der Waals surface area contributed by atoms with Crippen LogP contribution < -0.4 is 5.32 Å². The molecule has 1 aliphatic carbocycles. The van der Waals surface area contributed by atoms with Gasteiger partial charge >= 0.3 is 0 Å². The average molecular weight is 308 g/mol. The Bertz CT molecular complexity index is 728. The summed E-state index contributed by atoms with van der Waals surface area (Å²) in [6, 6.07) is 14.2. The van der Waals surface area contributed by atoms with Gasteiger partial charge in [0.25, 0.3) is 5.69 Å². The van der Waals surface area contributed by atoms with Gasteiger partial charge in [0.1, 0.15) is 0 Å². The summed E-state index contributed by atoms with van der Waals surface area (Å²) in [5, 5.41) is 14.8. The van der Waals surface area contributed by atoms with Crippen molar-refractivity contribution in [2.75, 3.05) is 0 Å². The summed E-state index contributed by atoms with van der Waals surface area (Å²) in [6.07, 6.45) is 5.73. The highest BCUT2D eigenvalue weighted by Gasteiger charge is 2.21. The lowest BCUT2D eigenvalue weighted by atomic mass is 10.1. The first-order chi connectivity index (χ1) is 11.2. The number of benzene rings is 2. The summed E-state index contributed by atoms with van der Waals surface area (Å²) >= 11 is 0. The van der Waals surface area contributed by atoms with Crippen molar-refractivity contribution in [2.24, 2.45) is 0 Å². The van der Waals surface area contributed by atoms with Crippen LogP contribution in [0.25, 0.3) is 6.08 Å². The van der Waals surface area contributed by atoms with E-state index in [-0.39, 0.29) is 10.6 Å². The van der Waals surface area contributed by atoms with Gasteiger partial charge in [0, 0.05) is 24.2 Å². The van der Waals surface area contributed by atoms with Crippen LogP contribution in [-0.2, 0) is 19.4 Å². The second-order valence-electron chi connectivity index (χ2n) is 5.90. The molecule has 23 heavy (non-hydrogen) atoms. The lowest BCUT2D eigenvalue weighted by Crippen LogP contribution is -2.29. The molecule has 0 aromatic heterocycles. The number of allylic oxidation sites excluding steroid dienone is 1. The van der Waals surface area contributed by atoms with E-state index in [9.17, 15) is 10.1 Å². The van der Waals surface area contributed by atoms with Crippen molar-refractivity contribution in [1.29, 1.82) is 0 Å². The van der Waals surface area contributed by atoms with E-state index in [1.54, 1.807) is 6.07 Å². The van der Waals surface area contributed by atoms with E-state index < -0.39 is 0 Å². The molecular weight excluding hydrogens is 288 g/mol. The standard InChI is InChI=1S/C19H20N2O2/c1-2-5-14-8-9-17(19(10-14)21(22)23)13-20-18-11-15-6-3-4-7-16(15)12-18/h2-10,18,20H,11-13H2,1H3/b5-2+. The first kappa shape index (κ1) is 15.4. The monoisotopic (exact) mass is 308 g/mol. The number of hydrogen-bond acceptors (Lipinski definition) is 3. The molecule has 0 saturated carbocycles. The highest BCUT2D eigenvalue weighted by atomic mass is 16.6. The molecule has 1 aliphatic rings. The zero-order valence-corrected chi connectivity index (χ0v) is 13.2. The van der Waals surface area contributed by atoms with Crippen molar-refractivity contribution in [1.82, 2.24) is 5.32 Å². The smallest absolute Gasteiger partial charge is 0.274 e. The van der Waals surface area contributed by atoms with Gasteiger partial charge in [-0.2, -0.15) is 0 Å². The van der Waals surface area contributed by atoms with Crippen molar-refractivity contribution in [3.8, 4) is 0 Å². The van der Waals surface area contributed by atoms with Crippen LogP contribution in [-0.4, -0.2) is 11.0 Å². The summed E-state index contributed by atoms with van der Waals surface area (Å²) in [5.74, 6) is 0. The minimum atomic E-state index is -0.298. The highest BCUT2D eigenvalue weighted by molar-refractivity contribution is 5.56. The summed E-state index contributed by atoms with van der Waals surface area (Å²) in [4.78, 5) is 11.0. The van der Waals surface area contributed by atoms with E-state index >= 15 is 0 Å². The van der Waals surface area contributed by atoms with Crippen LogP contribution >= 0.6 is 0 Å². The molecule has 0 amide bonds. The molecular formula is C19H20N2O2. The first-order valence-corrected chi connectivity index (χ1v) is 7.87. The molecule has 3 rings (SSSR count). The van der Waals surface area contributed by atoms with Crippen molar-refractivity contribution >= 4 is 11.8 Å². The van der Waals surface area contributed by atoms with Gasteiger partial charge in [-0.05, 0) is 36.5 Å². The van der Waals surface area contributed by atoms with Crippen LogP contribution in [0.15, 0.2) is 48.5 Å². The van der Waals surface area contributed by atoms with Gasteiger partial charge in [-0.1, -0.05) is 48.6 Å². The number of nitrogens with one attached hydrogen (secondary N) is 1. The fraction of sp³-hybridized carbons (Fsp3) is 0.263. The van der Waals surface area contributed by atoms with Crippen LogP contribution in [0.3, 0.4) is 0 Å². The van der Waals surface area contributed by atoms with E-state index in [0.29, 0.717) is 12.6 Å². The Hall–Kier alpha value is -2.46. The van der Waals surface area contributed by atoms with Gasteiger partial charge in [0.05, 0.1) is 4.92 Å². The Balaban J connectivity index is 1.70. The normalized spacial score (nSPS) is 14.3. The maximum absolute atomic E-state index is 11.3. The second kappa shape index (κ2) is 6.75. The summed E-state index contributed by atoms with van der Waals surface area (Å²) in [7, 11) is 0. The maximum atomic E-state index is 11.3. The Kier molecular flexibility index (Phi) is 4.53. The summed E-state index contributed by atoms with van der Waals surface area (Å²) in [6.45, 7) is 2.42. The zero-order chi connectivity index (χ0) is 16.2. The van der Waals surface area contributed by atoms with Crippen molar-refractivity contribution < 1.29 is 4.92 Å². The van der Waals surface area contributed by atoms with Crippen LogP contribution in [0.2, 0.25) is 0 Å². The Morgan fingerprint density at radius 2 is 1.91 bits per heavy atom. The molecule has 0 aliphatic heterocycles. The molecule has 0 atom stereocenters. The molecule has 0 bridgehead atoms. The second-order valence-corrected chi connectivity index (χ2v) is 5.90. The topological polar surface area (TPSA) is 55.2 Å². The third kappa shape index (κ3) is 3.48. The zero-order valence-electron chi connectivity index (χ0n) is 13.2. The molecule has 2 aromatic carbocycles. The molecule has 1 N–H and O–H groups in total. The number of rotatable bonds is 5.